The first-order valence-electron chi connectivity index (χ1n) is 31.2. The molecule has 0 radical (unpaired) electrons. The Bertz CT molecular complexity index is 2930. The second-order valence-electron chi connectivity index (χ2n) is 24.7. The van der Waals surface area contributed by atoms with E-state index in [0.717, 1.165) is 24.1 Å². The number of amides is 2. The average Bonchev–Trinajstić information content (AvgIpc) is 0.855. The van der Waals surface area contributed by atoms with Crippen molar-refractivity contribution in [3.05, 3.63) is 105 Å². The van der Waals surface area contributed by atoms with Gasteiger partial charge in [-0.3, -0.25) is 28.8 Å². The van der Waals surface area contributed by atoms with E-state index in [4.69, 9.17) is 33.9 Å². The molecule has 0 aromatic heterocycles. The van der Waals surface area contributed by atoms with Crippen LogP contribution in [0.2, 0.25) is 0 Å². The number of halogens is 4. The summed E-state index contributed by atoms with van der Waals surface area (Å²) in [5.41, 5.74) is 2.12. The monoisotopic (exact) mass is 1400 g/mol. The second-order valence-corrected chi connectivity index (χ2v) is 25.9. The number of benzene rings is 2. The maximum absolute atomic E-state index is 14.4. The number of carbonyl (C=O) groups excluding carboxylic acids is 6. The Morgan fingerprint density at radius 2 is 1.59 bits per heavy atom. The summed E-state index contributed by atoms with van der Waals surface area (Å²) in [6.07, 6.45) is 9.96. The molecule has 20 nitrogen and oxygen atoms in total. The number of anilines is 2. The summed E-state index contributed by atoms with van der Waals surface area (Å²) < 4.78 is 71.7. The maximum Gasteiger partial charge on any atom is 0.329 e. The first kappa shape index (κ1) is 76.5. The third kappa shape index (κ3) is 21.4. The number of carbonyl (C=O) groups is 6. The van der Waals surface area contributed by atoms with Gasteiger partial charge in [-0.15, -0.1) is 0 Å². The van der Waals surface area contributed by atoms with Crippen molar-refractivity contribution in [3.63, 3.8) is 0 Å². The second kappa shape index (κ2) is 36.4. The number of cyclic esters (lactones) is 1. The highest BCUT2D eigenvalue weighted by Crippen LogP contribution is 2.38. The van der Waals surface area contributed by atoms with Crippen molar-refractivity contribution in [1.29, 1.82) is 0 Å². The Kier molecular flexibility index (Phi) is 30.6. The van der Waals surface area contributed by atoms with E-state index in [1.54, 1.807) is 47.1 Å². The third-order valence-corrected chi connectivity index (χ3v) is 18.3. The van der Waals surface area contributed by atoms with Gasteiger partial charge in [0.2, 0.25) is 5.79 Å². The topological polar surface area (TPSA) is 286 Å². The van der Waals surface area contributed by atoms with E-state index < -0.39 is 132 Å². The summed E-state index contributed by atoms with van der Waals surface area (Å²) >= 11 is 1.89. The van der Waals surface area contributed by atoms with Crippen LogP contribution in [0.5, 0.6) is 0 Å². The Morgan fingerprint density at radius 1 is 0.868 bits per heavy atom. The first-order valence-corrected chi connectivity index (χ1v) is 32.2. The van der Waals surface area contributed by atoms with Gasteiger partial charge < -0.3 is 59.4 Å². The van der Waals surface area contributed by atoms with Crippen molar-refractivity contribution in [3.8, 4) is 0 Å². The maximum atomic E-state index is 14.4. The fraction of sp³-hybridized carbons (Fsp3) is 0.612. The number of allylic oxidation sites excluding steroid dienone is 6. The number of ether oxygens (including phenoxy) is 5. The summed E-state index contributed by atoms with van der Waals surface area (Å²) in [5, 5.41) is 54.0. The summed E-state index contributed by atoms with van der Waals surface area (Å²) in [6, 6.07) is 4.63. The van der Waals surface area contributed by atoms with E-state index in [9.17, 15) is 57.3 Å². The highest BCUT2D eigenvalue weighted by atomic mass is 127. The number of ketones is 3. The molecule has 4 aliphatic rings. The zero-order valence-electron chi connectivity index (χ0n) is 53.7. The molecule has 3 fully saturated rings. The highest BCUT2D eigenvalue weighted by molar-refractivity contribution is 14.1. The molecule has 1 saturated carbocycles. The van der Waals surface area contributed by atoms with Gasteiger partial charge in [-0.1, -0.05) is 71.1 Å². The van der Waals surface area contributed by atoms with E-state index in [0.29, 0.717) is 66.9 Å². The molecule has 3 heterocycles. The Balaban J connectivity index is 0.000000480. The Labute approximate surface area is 545 Å². The lowest BCUT2D eigenvalue weighted by Crippen LogP contribution is -2.61. The van der Waals surface area contributed by atoms with Crippen LogP contribution in [-0.2, 0) is 52.5 Å². The van der Waals surface area contributed by atoms with Crippen molar-refractivity contribution in [2.24, 2.45) is 35.5 Å². The normalized spacial score (nSPS) is 32.3. The standard InChI is InChI=1S/C51H79NO13.C16H14F3IN2O4/c1-30-16-12-11-13-17-31(2)42(61-8)28-38-21-19-36(7)51(60,65-38)48(57)49(58)52-23-15-14-18-39(52)50(59)64-43(33(4)26-37-20-22-40(53)44(27-37)62-9)29-41(54)32(3)25-35(6)46(56)47(63-10)45(55)34(5)24-30;17-11-3-2-10(16(25)22-26-7-9(24)6-23)15(14(11)19)21-13-4-1-8(20)5-12(13)18/h11-13,16-17,25,30,32-34,36-40,42-44,46-47,53,56,60H,14-15,18-24,26-29H2,1-10H3;1-5,9,21,23-24H,6-7H2,(H,22,25)/b13-11+,16-12+,31-17+,35-25+;/t30-,32-,33-,34-,36-,37+,38+,39+,40-,42+,43+,44-,46-,47+,51-;9-/m11/s1. The molecule has 16 atom stereocenters. The molecular formula is C67H93F3IN3O17. The fourth-order valence-electron chi connectivity index (χ4n) is 12.0. The molecular weight excluding hydrogens is 1300 g/mol. The minimum Gasteiger partial charge on any atom is -0.460 e. The summed E-state index contributed by atoms with van der Waals surface area (Å²) in [6.45, 7) is 11.7. The zero-order valence-corrected chi connectivity index (χ0v) is 55.9. The van der Waals surface area contributed by atoms with Crippen LogP contribution in [0.1, 0.15) is 136 Å². The molecule has 91 heavy (non-hydrogen) atoms. The van der Waals surface area contributed by atoms with E-state index in [1.807, 2.05) is 86.1 Å². The predicted molar refractivity (Wildman–Crippen MR) is 340 cm³/mol. The van der Waals surface area contributed by atoms with Gasteiger partial charge in [0, 0.05) is 62.0 Å². The smallest absolute Gasteiger partial charge is 0.329 e. The minimum absolute atomic E-state index is 0.0193. The number of Topliss-reactive ketones (excluding diaryl/α,β-unsaturated/α-hetero) is 3. The predicted octanol–water partition coefficient (Wildman–Crippen LogP) is 8.65. The molecule has 6 rings (SSSR count). The number of hydrogen-bond acceptors (Lipinski definition) is 18. The summed E-state index contributed by atoms with van der Waals surface area (Å²) in [4.78, 5) is 88.6. The number of aliphatic hydroxyl groups excluding tert-OH is 4. The molecule has 0 unspecified atom stereocenters. The van der Waals surface area contributed by atoms with Crippen LogP contribution in [0.3, 0.4) is 0 Å². The Morgan fingerprint density at radius 3 is 2.26 bits per heavy atom. The van der Waals surface area contributed by atoms with Crippen molar-refractivity contribution in [2.75, 3.05) is 46.4 Å². The molecule has 2 amide bonds. The van der Waals surface area contributed by atoms with Gasteiger partial charge in [-0.2, -0.15) is 0 Å². The number of esters is 1. The third-order valence-electron chi connectivity index (χ3n) is 17.7. The van der Waals surface area contributed by atoms with E-state index in [1.165, 1.54) is 24.1 Å². The van der Waals surface area contributed by atoms with Crippen LogP contribution in [0, 0.1) is 56.5 Å². The number of fused-ring (bicyclic) bond motifs is 3. The average molecular weight is 1400 g/mol. The molecule has 1 aliphatic carbocycles. The largest absolute Gasteiger partial charge is 0.460 e. The molecule has 2 saturated heterocycles. The summed E-state index contributed by atoms with van der Waals surface area (Å²) in [5.74, 6) is -12.2. The number of nitrogens with one attached hydrogen (secondary N) is 2. The quantitative estimate of drug-likeness (QED) is 0.0325. The molecule has 2 aromatic carbocycles. The molecule has 0 spiro atoms. The minimum atomic E-state index is -2.43. The fourth-order valence-corrected chi connectivity index (χ4v) is 12.5. The lowest BCUT2D eigenvalue weighted by molar-refractivity contribution is -0.265. The van der Waals surface area contributed by atoms with Crippen molar-refractivity contribution < 1.29 is 96.0 Å². The number of rotatable bonds is 13. The van der Waals surface area contributed by atoms with Crippen LogP contribution < -0.4 is 10.8 Å². The van der Waals surface area contributed by atoms with E-state index in [2.05, 4.69) is 10.2 Å². The van der Waals surface area contributed by atoms with Crippen molar-refractivity contribution in [2.45, 2.75) is 186 Å². The van der Waals surface area contributed by atoms with Gasteiger partial charge >= 0.3 is 5.97 Å². The van der Waals surface area contributed by atoms with Crippen molar-refractivity contribution in [1.82, 2.24) is 10.4 Å². The summed E-state index contributed by atoms with van der Waals surface area (Å²) in [7, 11) is 4.52. The number of piperidine rings is 1. The van der Waals surface area contributed by atoms with Crippen LogP contribution in [-0.4, -0.2) is 167 Å². The number of hydroxylamine groups is 1. The van der Waals surface area contributed by atoms with Crippen molar-refractivity contribution >= 4 is 69.1 Å². The Hall–Kier alpha value is -5.26. The molecule has 506 valence electrons. The highest BCUT2D eigenvalue weighted by Gasteiger charge is 2.53. The lowest BCUT2D eigenvalue weighted by atomic mass is 9.78. The van der Waals surface area contributed by atoms with Crippen LogP contribution in [0.4, 0.5) is 24.5 Å². The number of nitrogens with zero attached hydrogens (tertiary/aromatic N) is 1. The zero-order chi connectivity index (χ0) is 67.4. The van der Waals surface area contributed by atoms with Gasteiger partial charge in [-0.25, -0.2) is 23.4 Å². The number of aliphatic hydroxyl groups is 5. The van der Waals surface area contributed by atoms with Gasteiger partial charge in [-0.05, 0) is 160 Å². The molecule has 3 aliphatic heterocycles. The van der Waals surface area contributed by atoms with E-state index >= 15 is 0 Å². The van der Waals surface area contributed by atoms with E-state index in [-0.39, 0.29) is 66.1 Å². The molecule has 2 bridgehead atoms. The lowest BCUT2D eigenvalue weighted by Gasteiger charge is -2.42. The van der Waals surface area contributed by atoms with Gasteiger partial charge in [0.15, 0.2) is 17.4 Å². The molecule has 2 aromatic rings. The van der Waals surface area contributed by atoms with Crippen LogP contribution in [0.15, 0.2) is 77.9 Å². The number of hydrogen-bond donors (Lipinski definition) is 7. The first-order chi connectivity index (χ1) is 43.1. The van der Waals surface area contributed by atoms with Gasteiger partial charge in [0.05, 0.1) is 48.0 Å². The van der Waals surface area contributed by atoms with Crippen LogP contribution in [0.25, 0.3) is 0 Å². The molecule has 24 heteroatoms. The van der Waals surface area contributed by atoms with Gasteiger partial charge in [0.25, 0.3) is 17.6 Å². The SMILES string of the molecule is CO[C@H]1C[C@@H]2CC[C@@H](C)[C@@](O)(O2)C(=O)C(=O)N2CCCC[C@H]2C(=O)O[C@H]([C@H](C)C[C@@H]2CC[C@@H](O)[C@H](OC)C2)CC(=O)[C@H](C)/C=C(\C)[C@@H](O)[C@@H](OC)C(=O)[C@H](C)C[C@H](C)/C=C/C=C/C=C/1C.O=C(NOC[C@H](O)CO)c1ccc(F)c(F)c1Nc1ccc(I)cc1F. The number of methoxy groups -OCH3 is 3. The van der Waals surface area contributed by atoms with Crippen LogP contribution >= 0.6 is 22.6 Å². The molecule has 7 N–H and O–H groups in total. The van der Waals surface area contributed by atoms with Gasteiger partial charge in [0.1, 0.15) is 48.7 Å².